The van der Waals surface area contributed by atoms with E-state index in [0.717, 1.165) is 18.5 Å². The summed E-state index contributed by atoms with van der Waals surface area (Å²) in [4.78, 5) is 13.9. The maximum atomic E-state index is 13.7. The zero-order chi connectivity index (χ0) is 15.2. The van der Waals surface area contributed by atoms with Gasteiger partial charge in [-0.15, -0.1) is 0 Å². The quantitative estimate of drug-likeness (QED) is 0.811. The van der Waals surface area contributed by atoms with Gasteiger partial charge >= 0.3 is 0 Å². The molecule has 1 aliphatic rings. The molecule has 0 aromatic heterocycles. The molecule has 3 N–H and O–H groups in total. The number of hydrogen-bond donors (Lipinski definition) is 2. The lowest BCUT2D eigenvalue weighted by Crippen LogP contribution is -2.54. The summed E-state index contributed by atoms with van der Waals surface area (Å²) in [6.07, 6.45) is 0.737. The summed E-state index contributed by atoms with van der Waals surface area (Å²) in [5.74, 6) is 5.30. The molecule has 1 heterocycles. The standard InChI is InChI=1S/C16H20FN3O/c1-2-15-16(21)19-6-7-20(15)11-13-8-12(4-3-5-18)9-14(17)10-13/h8-10,15H,2,5-7,11,18H2,1H3,(H,19,21). The number of nitrogens with one attached hydrogen (secondary N) is 1. The van der Waals surface area contributed by atoms with E-state index in [0.29, 0.717) is 18.7 Å². The minimum Gasteiger partial charge on any atom is -0.353 e. The Kier molecular flexibility index (Phi) is 5.32. The summed E-state index contributed by atoms with van der Waals surface area (Å²) in [6, 6.07) is 4.59. The molecule has 112 valence electrons. The van der Waals surface area contributed by atoms with Crippen LogP contribution in [-0.4, -0.2) is 36.5 Å². The van der Waals surface area contributed by atoms with E-state index < -0.39 is 0 Å². The Balaban J connectivity index is 2.18. The Morgan fingerprint density at radius 3 is 3.00 bits per heavy atom. The molecular formula is C16H20FN3O. The summed E-state index contributed by atoms with van der Waals surface area (Å²) in [7, 11) is 0. The van der Waals surface area contributed by atoms with E-state index in [1.807, 2.05) is 13.0 Å². The van der Waals surface area contributed by atoms with Crippen molar-refractivity contribution in [2.45, 2.75) is 25.9 Å². The van der Waals surface area contributed by atoms with Crippen molar-refractivity contribution in [3.8, 4) is 11.8 Å². The van der Waals surface area contributed by atoms with Gasteiger partial charge in [-0.1, -0.05) is 18.8 Å². The number of piperazine rings is 1. The molecule has 1 aliphatic heterocycles. The second kappa shape index (κ2) is 7.21. The Morgan fingerprint density at radius 1 is 1.48 bits per heavy atom. The molecule has 0 aliphatic carbocycles. The molecular weight excluding hydrogens is 269 g/mol. The maximum Gasteiger partial charge on any atom is 0.237 e. The van der Waals surface area contributed by atoms with E-state index >= 15 is 0 Å². The maximum absolute atomic E-state index is 13.7. The molecule has 0 bridgehead atoms. The smallest absolute Gasteiger partial charge is 0.237 e. The summed E-state index contributed by atoms with van der Waals surface area (Å²) in [6.45, 7) is 4.17. The molecule has 0 saturated carbocycles. The van der Waals surface area contributed by atoms with Crippen molar-refractivity contribution in [2.24, 2.45) is 5.73 Å². The van der Waals surface area contributed by atoms with Crippen LogP contribution in [0.2, 0.25) is 0 Å². The highest BCUT2D eigenvalue weighted by atomic mass is 19.1. The minimum atomic E-state index is -0.316. The van der Waals surface area contributed by atoms with Crippen molar-refractivity contribution in [2.75, 3.05) is 19.6 Å². The average molecular weight is 289 g/mol. The Bertz CT molecular complexity index is 577. The van der Waals surface area contributed by atoms with Crippen molar-refractivity contribution >= 4 is 5.91 Å². The number of rotatable bonds is 3. The molecule has 1 amide bonds. The topological polar surface area (TPSA) is 58.4 Å². The van der Waals surface area contributed by atoms with Gasteiger partial charge in [0.1, 0.15) is 5.82 Å². The fraction of sp³-hybridized carbons (Fsp3) is 0.438. The lowest BCUT2D eigenvalue weighted by Gasteiger charge is -2.34. The number of halogens is 1. The number of benzene rings is 1. The molecule has 0 radical (unpaired) electrons. The molecule has 2 rings (SSSR count). The zero-order valence-corrected chi connectivity index (χ0v) is 12.2. The van der Waals surface area contributed by atoms with Crippen LogP contribution in [-0.2, 0) is 11.3 Å². The lowest BCUT2D eigenvalue weighted by molar-refractivity contribution is -0.129. The molecule has 5 heteroatoms. The highest BCUT2D eigenvalue weighted by molar-refractivity contribution is 5.82. The highest BCUT2D eigenvalue weighted by Crippen LogP contribution is 2.16. The predicted molar refractivity (Wildman–Crippen MR) is 79.8 cm³/mol. The van der Waals surface area contributed by atoms with Gasteiger partial charge < -0.3 is 11.1 Å². The van der Waals surface area contributed by atoms with Gasteiger partial charge in [0.2, 0.25) is 5.91 Å². The third-order valence-corrected chi connectivity index (χ3v) is 3.51. The molecule has 1 aromatic carbocycles. The fourth-order valence-corrected chi connectivity index (χ4v) is 2.60. The number of nitrogens with two attached hydrogens (primary N) is 1. The van der Waals surface area contributed by atoms with Crippen LogP contribution in [0.5, 0.6) is 0 Å². The van der Waals surface area contributed by atoms with E-state index in [9.17, 15) is 9.18 Å². The summed E-state index contributed by atoms with van der Waals surface area (Å²) < 4.78 is 13.7. The van der Waals surface area contributed by atoms with Crippen molar-refractivity contribution in [3.63, 3.8) is 0 Å². The summed E-state index contributed by atoms with van der Waals surface area (Å²) in [5.41, 5.74) is 6.77. The van der Waals surface area contributed by atoms with Crippen LogP contribution in [0, 0.1) is 17.7 Å². The van der Waals surface area contributed by atoms with Crippen LogP contribution in [0.4, 0.5) is 4.39 Å². The van der Waals surface area contributed by atoms with Crippen LogP contribution in [0.15, 0.2) is 18.2 Å². The van der Waals surface area contributed by atoms with Crippen LogP contribution < -0.4 is 11.1 Å². The van der Waals surface area contributed by atoms with E-state index in [1.54, 1.807) is 0 Å². The van der Waals surface area contributed by atoms with Crippen LogP contribution in [0.1, 0.15) is 24.5 Å². The van der Waals surface area contributed by atoms with Crippen LogP contribution in [0.25, 0.3) is 0 Å². The molecule has 21 heavy (non-hydrogen) atoms. The monoisotopic (exact) mass is 289 g/mol. The normalized spacial score (nSPS) is 18.8. The highest BCUT2D eigenvalue weighted by Gasteiger charge is 2.27. The second-order valence-electron chi connectivity index (χ2n) is 5.04. The Hall–Kier alpha value is -1.90. The summed E-state index contributed by atoms with van der Waals surface area (Å²) in [5, 5.41) is 2.86. The first-order valence-electron chi connectivity index (χ1n) is 7.14. The van der Waals surface area contributed by atoms with Gasteiger partial charge in [-0.25, -0.2) is 4.39 Å². The SMILES string of the molecule is CCC1C(=O)NCCN1Cc1cc(F)cc(C#CCN)c1. The molecule has 0 spiro atoms. The van der Waals surface area contributed by atoms with E-state index in [2.05, 4.69) is 22.1 Å². The van der Waals surface area contributed by atoms with Gasteiger partial charge in [-0.05, 0) is 30.2 Å². The number of carbonyl (C=O) groups excluding carboxylic acids is 1. The zero-order valence-electron chi connectivity index (χ0n) is 12.2. The first kappa shape index (κ1) is 15.5. The second-order valence-corrected chi connectivity index (χ2v) is 5.04. The molecule has 4 nitrogen and oxygen atoms in total. The van der Waals surface area contributed by atoms with Crippen molar-refractivity contribution < 1.29 is 9.18 Å². The number of nitrogens with zero attached hydrogens (tertiary/aromatic N) is 1. The Morgan fingerprint density at radius 2 is 2.29 bits per heavy atom. The Labute approximate surface area is 124 Å². The molecule has 1 atom stereocenters. The lowest BCUT2D eigenvalue weighted by atomic mass is 10.1. The van der Waals surface area contributed by atoms with Crippen LogP contribution in [0.3, 0.4) is 0 Å². The molecule has 1 aromatic rings. The van der Waals surface area contributed by atoms with E-state index in [-0.39, 0.29) is 24.3 Å². The van der Waals surface area contributed by atoms with Crippen LogP contribution >= 0.6 is 0 Å². The first-order chi connectivity index (χ1) is 10.1. The van der Waals surface area contributed by atoms with Gasteiger partial charge in [0.25, 0.3) is 0 Å². The van der Waals surface area contributed by atoms with Crippen molar-refractivity contribution in [3.05, 3.63) is 35.1 Å². The molecule has 1 saturated heterocycles. The number of carbonyl (C=O) groups is 1. The first-order valence-corrected chi connectivity index (χ1v) is 7.14. The fourth-order valence-electron chi connectivity index (χ4n) is 2.60. The minimum absolute atomic E-state index is 0.0447. The van der Waals surface area contributed by atoms with Gasteiger partial charge in [0.05, 0.1) is 12.6 Å². The average Bonchev–Trinajstić information content (AvgIpc) is 2.45. The van der Waals surface area contributed by atoms with Crippen molar-refractivity contribution in [1.82, 2.24) is 10.2 Å². The molecule has 1 fully saturated rings. The molecule has 1 unspecified atom stereocenters. The van der Waals surface area contributed by atoms with Crippen molar-refractivity contribution in [1.29, 1.82) is 0 Å². The third-order valence-electron chi connectivity index (χ3n) is 3.51. The third kappa shape index (κ3) is 4.03. The number of amides is 1. The van der Waals surface area contributed by atoms with E-state index in [1.165, 1.54) is 12.1 Å². The van der Waals surface area contributed by atoms with Gasteiger partial charge in [0, 0.05) is 25.2 Å². The summed E-state index contributed by atoms with van der Waals surface area (Å²) >= 11 is 0. The van der Waals surface area contributed by atoms with Gasteiger partial charge in [0.15, 0.2) is 0 Å². The largest absolute Gasteiger partial charge is 0.353 e. The predicted octanol–water partition coefficient (Wildman–Crippen LogP) is 0.846. The van der Waals surface area contributed by atoms with Gasteiger partial charge in [-0.2, -0.15) is 0 Å². The van der Waals surface area contributed by atoms with Gasteiger partial charge in [-0.3, -0.25) is 9.69 Å². The number of hydrogen-bond acceptors (Lipinski definition) is 3. The van der Waals surface area contributed by atoms with E-state index in [4.69, 9.17) is 5.73 Å².